The molecule has 0 atom stereocenters. The van der Waals surface area contributed by atoms with Gasteiger partial charge in [0.05, 0.1) is 6.61 Å². The Morgan fingerprint density at radius 3 is 2.35 bits per heavy atom. The van der Waals surface area contributed by atoms with Crippen LogP contribution in [0, 0.1) is 6.92 Å². The lowest BCUT2D eigenvalue weighted by molar-refractivity contribution is 0.133. The third-order valence-electron chi connectivity index (χ3n) is 2.83. The molecule has 0 aliphatic rings. The minimum atomic E-state index is 0.849. The summed E-state index contributed by atoms with van der Waals surface area (Å²) in [6.07, 6.45) is 6.11. The molecule has 0 radical (unpaired) electrons. The Morgan fingerprint density at radius 2 is 1.65 bits per heavy atom. The van der Waals surface area contributed by atoms with Gasteiger partial charge in [-0.25, -0.2) is 0 Å². The van der Waals surface area contributed by atoms with E-state index in [2.05, 4.69) is 47.1 Å². The molecule has 0 amide bonds. The number of unbranched alkanes of at least 4 members (excludes halogenated alkanes) is 3. The van der Waals surface area contributed by atoms with Gasteiger partial charge in [0.1, 0.15) is 0 Å². The fraction of sp³-hybridized carbons (Fsp3) is 0.600. The summed E-state index contributed by atoms with van der Waals surface area (Å²) in [6, 6.07) is 8.70. The van der Waals surface area contributed by atoms with Gasteiger partial charge >= 0.3 is 0 Å². The molecule has 0 saturated carbocycles. The molecule has 2 heteroatoms. The van der Waals surface area contributed by atoms with Crippen molar-refractivity contribution in [3.8, 4) is 0 Å². The summed E-state index contributed by atoms with van der Waals surface area (Å²) in [4.78, 5) is 0. The molecule has 1 nitrogen and oxygen atoms in total. The van der Waals surface area contributed by atoms with Crippen molar-refractivity contribution in [2.45, 2.75) is 39.0 Å². The van der Waals surface area contributed by atoms with E-state index in [1.807, 2.05) is 0 Å². The molecule has 1 aromatic carbocycles. The molecule has 0 saturated heterocycles. The highest BCUT2D eigenvalue weighted by Crippen LogP contribution is 2.05. The van der Waals surface area contributed by atoms with Crippen molar-refractivity contribution in [3.63, 3.8) is 0 Å². The van der Waals surface area contributed by atoms with Crippen LogP contribution in [0.4, 0.5) is 0 Å². The lowest BCUT2D eigenvalue weighted by Crippen LogP contribution is -2.00. The lowest BCUT2D eigenvalue weighted by Gasteiger charge is -2.04. The number of ether oxygens (including phenoxy) is 1. The largest absolute Gasteiger partial charge is 0.381 e. The van der Waals surface area contributed by atoms with Crippen molar-refractivity contribution in [2.24, 2.45) is 0 Å². The summed E-state index contributed by atoms with van der Waals surface area (Å²) in [7, 11) is 0. The Hall–Kier alpha value is -0.340. The van der Waals surface area contributed by atoms with Gasteiger partial charge in [0, 0.05) is 11.9 Å². The van der Waals surface area contributed by atoms with E-state index in [0.29, 0.717) is 0 Å². The Labute approximate surface area is 114 Å². The molecule has 96 valence electrons. The molecule has 0 aromatic heterocycles. The molecular weight excluding hydrogens is 276 g/mol. The summed E-state index contributed by atoms with van der Waals surface area (Å²) in [5.74, 6) is 0. The van der Waals surface area contributed by atoms with Crippen LogP contribution in [0.1, 0.15) is 36.8 Å². The fourth-order valence-corrected chi connectivity index (χ4v) is 2.10. The van der Waals surface area contributed by atoms with E-state index >= 15 is 0 Å². The van der Waals surface area contributed by atoms with Crippen molar-refractivity contribution in [3.05, 3.63) is 35.4 Å². The first-order chi connectivity index (χ1) is 8.33. The molecule has 1 rings (SSSR count). The second-order valence-electron chi connectivity index (χ2n) is 4.45. The highest BCUT2D eigenvalue weighted by Gasteiger charge is 1.94. The van der Waals surface area contributed by atoms with Crippen LogP contribution in [-0.4, -0.2) is 18.5 Å². The standard InChI is InChI=1S/C15H23BrO/c1-14-6-8-15(9-7-14)10-13-17-12-5-3-2-4-11-16/h6-9H,2-5,10-13H2,1H3. The van der Waals surface area contributed by atoms with Crippen molar-refractivity contribution < 1.29 is 4.74 Å². The third kappa shape index (κ3) is 7.56. The number of rotatable bonds is 9. The third-order valence-corrected chi connectivity index (χ3v) is 3.39. The Bertz CT molecular complexity index is 281. The molecule has 0 heterocycles. The second kappa shape index (κ2) is 9.67. The maximum absolute atomic E-state index is 5.64. The van der Waals surface area contributed by atoms with Crippen LogP contribution in [0.3, 0.4) is 0 Å². The van der Waals surface area contributed by atoms with Crippen molar-refractivity contribution in [2.75, 3.05) is 18.5 Å². The van der Waals surface area contributed by atoms with E-state index in [9.17, 15) is 0 Å². The average Bonchev–Trinajstić information content (AvgIpc) is 2.35. The maximum Gasteiger partial charge on any atom is 0.0506 e. The topological polar surface area (TPSA) is 9.23 Å². The van der Waals surface area contributed by atoms with Crippen LogP contribution < -0.4 is 0 Å². The maximum atomic E-state index is 5.64. The van der Waals surface area contributed by atoms with E-state index in [-0.39, 0.29) is 0 Å². The summed E-state index contributed by atoms with van der Waals surface area (Å²) < 4.78 is 5.64. The van der Waals surface area contributed by atoms with Gasteiger partial charge < -0.3 is 4.74 Å². The monoisotopic (exact) mass is 298 g/mol. The van der Waals surface area contributed by atoms with Crippen LogP contribution in [0.5, 0.6) is 0 Å². The van der Waals surface area contributed by atoms with Gasteiger partial charge in [-0.15, -0.1) is 0 Å². The Balaban J connectivity index is 1.95. The molecule has 1 aromatic rings. The van der Waals surface area contributed by atoms with Crippen molar-refractivity contribution in [1.82, 2.24) is 0 Å². The first-order valence-electron chi connectivity index (χ1n) is 6.52. The molecule has 0 N–H and O–H groups in total. The van der Waals surface area contributed by atoms with E-state index in [1.165, 1.54) is 36.8 Å². The highest BCUT2D eigenvalue weighted by atomic mass is 79.9. The molecule has 0 aliphatic heterocycles. The van der Waals surface area contributed by atoms with E-state index in [0.717, 1.165) is 25.0 Å². The van der Waals surface area contributed by atoms with Gasteiger partial charge in [-0.1, -0.05) is 58.6 Å². The molecule has 0 fully saturated rings. The molecule has 0 unspecified atom stereocenters. The predicted octanol–water partition coefficient (Wildman–Crippen LogP) is 4.51. The SMILES string of the molecule is Cc1ccc(CCOCCCCCCBr)cc1. The van der Waals surface area contributed by atoms with Gasteiger partial charge in [0.2, 0.25) is 0 Å². The zero-order valence-electron chi connectivity index (χ0n) is 10.8. The van der Waals surface area contributed by atoms with Crippen molar-refractivity contribution in [1.29, 1.82) is 0 Å². The average molecular weight is 299 g/mol. The molecule has 17 heavy (non-hydrogen) atoms. The Morgan fingerprint density at radius 1 is 0.941 bits per heavy atom. The number of halogens is 1. The van der Waals surface area contributed by atoms with Gasteiger partial charge in [0.25, 0.3) is 0 Å². The van der Waals surface area contributed by atoms with E-state index < -0.39 is 0 Å². The number of hydrogen-bond acceptors (Lipinski definition) is 1. The minimum absolute atomic E-state index is 0.849. The normalized spacial score (nSPS) is 10.7. The van der Waals surface area contributed by atoms with Crippen molar-refractivity contribution >= 4 is 15.9 Å². The predicted molar refractivity (Wildman–Crippen MR) is 78.0 cm³/mol. The summed E-state index contributed by atoms with van der Waals surface area (Å²) >= 11 is 3.44. The minimum Gasteiger partial charge on any atom is -0.381 e. The van der Waals surface area contributed by atoms with Gasteiger partial charge in [-0.2, -0.15) is 0 Å². The zero-order valence-corrected chi connectivity index (χ0v) is 12.3. The number of aryl methyl sites for hydroxylation is 1. The van der Waals surface area contributed by atoms with Crippen LogP contribution in [0.15, 0.2) is 24.3 Å². The van der Waals surface area contributed by atoms with E-state index in [1.54, 1.807) is 0 Å². The first-order valence-corrected chi connectivity index (χ1v) is 7.64. The number of alkyl halides is 1. The molecule has 0 bridgehead atoms. The van der Waals surface area contributed by atoms with Gasteiger partial charge in [-0.3, -0.25) is 0 Å². The first kappa shape index (κ1) is 14.7. The molecule has 0 aliphatic carbocycles. The fourth-order valence-electron chi connectivity index (χ4n) is 1.70. The second-order valence-corrected chi connectivity index (χ2v) is 5.24. The van der Waals surface area contributed by atoms with Gasteiger partial charge in [-0.05, 0) is 31.7 Å². The summed E-state index contributed by atoms with van der Waals surface area (Å²) in [6.45, 7) is 3.88. The smallest absolute Gasteiger partial charge is 0.0506 e. The number of hydrogen-bond donors (Lipinski definition) is 0. The Kier molecular flexibility index (Phi) is 8.37. The van der Waals surface area contributed by atoms with Gasteiger partial charge in [0.15, 0.2) is 0 Å². The van der Waals surface area contributed by atoms with Crippen LogP contribution >= 0.6 is 15.9 Å². The lowest BCUT2D eigenvalue weighted by atomic mass is 10.1. The summed E-state index contributed by atoms with van der Waals surface area (Å²) in [5.41, 5.74) is 2.69. The van der Waals surface area contributed by atoms with E-state index in [4.69, 9.17) is 4.74 Å². The molecular formula is C15H23BrO. The summed E-state index contributed by atoms with van der Waals surface area (Å²) in [5, 5.41) is 1.13. The quantitative estimate of drug-likeness (QED) is 0.481. The number of benzene rings is 1. The van der Waals surface area contributed by atoms with Crippen LogP contribution in [0.2, 0.25) is 0 Å². The molecule has 0 spiro atoms. The van der Waals surface area contributed by atoms with Crippen LogP contribution in [0.25, 0.3) is 0 Å². The van der Waals surface area contributed by atoms with Crippen LogP contribution in [-0.2, 0) is 11.2 Å². The zero-order chi connectivity index (χ0) is 12.3. The highest BCUT2D eigenvalue weighted by molar-refractivity contribution is 9.09.